The summed E-state index contributed by atoms with van der Waals surface area (Å²) in [6.45, 7) is 3.34. The number of rotatable bonds is 4. The van der Waals surface area contributed by atoms with Gasteiger partial charge in [0.2, 0.25) is 10.0 Å². The van der Waals surface area contributed by atoms with E-state index in [2.05, 4.69) is 12.2 Å². The molecule has 0 saturated carbocycles. The van der Waals surface area contributed by atoms with Crippen molar-refractivity contribution in [1.82, 2.24) is 4.31 Å². The summed E-state index contributed by atoms with van der Waals surface area (Å²) in [6.07, 6.45) is 1.01. The number of hydrogen-bond donors (Lipinski definition) is 1. The average molecular weight is 300 g/mol. The summed E-state index contributed by atoms with van der Waals surface area (Å²) in [7, 11) is -1.52. The van der Waals surface area contributed by atoms with Crippen LogP contribution in [0.4, 0.5) is 5.69 Å². The summed E-state index contributed by atoms with van der Waals surface area (Å²) in [5, 5.41) is 3.41. The molecular formula is C13H20N2O2S2. The predicted octanol–water partition coefficient (Wildman–Crippen LogP) is 2.24. The predicted molar refractivity (Wildman–Crippen MR) is 81.3 cm³/mol. The fraction of sp³-hybridized carbons (Fsp3) is 0.538. The topological polar surface area (TPSA) is 49.4 Å². The maximum absolute atomic E-state index is 12.5. The third kappa shape index (κ3) is 3.24. The van der Waals surface area contributed by atoms with Crippen molar-refractivity contribution in [3.8, 4) is 0 Å². The van der Waals surface area contributed by atoms with Gasteiger partial charge in [0.1, 0.15) is 0 Å². The van der Waals surface area contributed by atoms with Crippen LogP contribution >= 0.6 is 11.8 Å². The van der Waals surface area contributed by atoms with Crippen LogP contribution in [0.5, 0.6) is 0 Å². The summed E-state index contributed by atoms with van der Waals surface area (Å²) in [5.41, 5.74) is 0.916. The Labute approximate surface area is 119 Å². The zero-order valence-corrected chi connectivity index (χ0v) is 12.9. The Morgan fingerprint density at radius 2 is 2.05 bits per heavy atom. The van der Waals surface area contributed by atoms with Crippen molar-refractivity contribution in [3.05, 3.63) is 24.3 Å². The van der Waals surface area contributed by atoms with Crippen LogP contribution < -0.4 is 5.32 Å². The number of benzene rings is 1. The van der Waals surface area contributed by atoms with Gasteiger partial charge in [-0.05, 0) is 30.7 Å². The molecule has 0 aromatic heterocycles. The van der Waals surface area contributed by atoms with Crippen molar-refractivity contribution in [2.45, 2.75) is 23.5 Å². The lowest BCUT2D eigenvalue weighted by Gasteiger charge is -2.31. The Balaban J connectivity index is 2.20. The summed E-state index contributed by atoms with van der Waals surface area (Å²) in [5.74, 6) is 0.881. The van der Waals surface area contributed by atoms with Crippen molar-refractivity contribution < 1.29 is 8.42 Å². The molecule has 1 aliphatic rings. The maximum atomic E-state index is 12.5. The number of thioether (sulfide) groups is 1. The molecule has 1 aromatic rings. The largest absolute Gasteiger partial charge is 0.388 e. The SMILES string of the molecule is CCC1CN(S(=O)(=O)c2ccc(NC)cc2)CCS1. The molecule has 2 rings (SSSR count). The van der Waals surface area contributed by atoms with Crippen LogP contribution in [0.1, 0.15) is 13.3 Å². The fourth-order valence-electron chi connectivity index (χ4n) is 2.10. The third-order valence-corrected chi connectivity index (χ3v) is 6.59. The molecule has 1 heterocycles. The lowest BCUT2D eigenvalue weighted by molar-refractivity contribution is 0.416. The second kappa shape index (κ2) is 6.15. The van der Waals surface area contributed by atoms with Gasteiger partial charge in [-0.15, -0.1) is 0 Å². The van der Waals surface area contributed by atoms with Gasteiger partial charge in [-0.3, -0.25) is 0 Å². The van der Waals surface area contributed by atoms with Crippen LogP contribution in [0, 0.1) is 0 Å². The molecule has 1 saturated heterocycles. The standard InChI is InChI=1S/C13H20N2O2S2/c1-3-12-10-15(8-9-18-12)19(16,17)13-6-4-11(14-2)5-7-13/h4-7,12,14H,3,8-10H2,1-2H3. The zero-order valence-electron chi connectivity index (χ0n) is 11.3. The van der Waals surface area contributed by atoms with Crippen LogP contribution in [0.2, 0.25) is 0 Å². The van der Waals surface area contributed by atoms with Crippen molar-refractivity contribution >= 4 is 27.5 Å². The molecule has 0 bridgehead atoms. The van der Waals surface area contributed by atoms with Crippen LogP contribution in [0.3, 0.4) is 0 Å². The first-order chi connectivity index (χ1) is 9.07. The highest BCUT2D eigenvalue weighted by molar-refractivity contribution is 8.00. The molecule has 1 atom stereocenters. The first-order valence-electron chi connectivity index (χ1n) is 6.47. The highest BCUT2D eigenvalue weighted by Gasteiger charge is 2.29. The Kier molecular flexibility index (Phi) is 4.76. The number of hydrogen-bond acceptors (Lipinski definition) is 4. The van der Waals surface area contributed by atoms with Crippen molar-refractivity contribution in [2.24, 2.45) is 0 Å². The van der Waals surface area contributed by atoms with Crippen LogP contribution in [-0.4, -0.2) is 43.9 Å². The molecule has 0 spiro atoms. The molecule has 0 radical (unpaired) electrons. The van der Waals surface area contributed by atoms with Crippen molar-refractivity contribution in [1.29, 1.82) is 0 Å². The van der Waals surface area contributed by atoms with Gasteiger partial charge < -0.3 is 5.32 Å². The van der Waals surface area contributed by atoms with Gasteiger partial charge in [-0.1, -0.05) is 6.92 Å². The van der Waals surface area contributed by atoms with Crippen LogP contribution in [-0.2, 0) is 10.0 Å². The minimum atomic E-state index is -3.34. The van der Waals surface area contributed by atoms with Gasteiger partial charge in [0.25, 0.3) is 0 Å². The maximum Gasteiger partial charge on any atom is 0.243 e. The first kappa shape index (κ1) is 14.7. The lowest BCUT2D eigenvalue weighted by atomic mass is 10.3. The van der Waals surface area contributed by atoms with E-state index in [1.807, 2.05) is 18.8 Å². The van der Waals surface area contributed by atoms with E-state index in [1.165, 1.54) is 0 Å². The average Bonchev–Trinajstić information content (AvgIpc) is 2.47. The van der Waals surface area contributed by atoms with Gasteiger partial charge in [0, 0.05) is 36.8 Å². The molecular weight excluding hydrogens is 280 g/mol. The van der Waals surface area contributed by atoms with Gasteiger partial charge >= 0.3 is 0 Å². The normalized spacial score (nSPS) is 21.3. The highest BCUT2D eigenvalue weighted by atomic mass is 32.2. The molecule has 1 N–H and O–H groups in total. The van der Waals surface area contributed by atoms with Gasteiger partial charge in [0.05, 0.1) is 4.90 Å². The summed E-state index contributed by atoms with van der Waals surface area (Å²) in [4.78, 5) is 0.383. The Bertz CT molecular complexity index is 514. The molecule has 1 aliphatic heterocycles. The van der Waals surface area contributed by atoms with E-state index in [-0.39, 0.29) is 0 Å². The molecule has 0 amide bonds. The Morgan fingerprint density at radius 1 is 1.37 bits per heavy atom. The summed E-state index contributed by atoms with van der Waals surface area (Å²) in [6, 6.07) is 6.93. The van der Waals surface area contributed by atoms with E-state index in [0.717, 1.165) is 17.9 Å². The van der Waals surface area contributed by atoms with Gasteiger partial charge in [-0.2, -0.15) is 16.1 Å². The zero-order chi connectivity index (χ0) is 13.9. The Morgan fingerprint density at radius 3 is 2.63 bits per heavy atom. The molecule has 19 heavy (non-hydrogen) atoms. The molecule has 4 nitrogen and oxygen atoms in total. The minimum Gasteiger partial charge on any atom is -0.388 e. The summed E-state index contributed by atoms with van der Waals surface area (Å²) < 4.78 is 26.7. The van der Waals surface area contributed by atoms with E-state index in [9.17, 15) is 8.42 Å². The van der Waals surface area contributed by atoms with E-state index in [4.69, 9.17) is 0 Å². The number of nitrogens with zero attached hydrogens (tertiary/aromatic N) is 1. The molecule has 0 aliphatic carbocycles. The second-order valence-electron chi connectivity index (χ2n) is 4.54. The second-order valence-corrected chi connectivity index (χ2v) is 7.88. The van der Waals surface area contributed by atoms with E-state index in [1.54, 1.807) is 28.6 Å². The van der Waals surface area contributed by atoms with Gasteiger partial charge in [-0.25, -0.2) is 8.42 Å². The van der Waals surface area contributed by atoms with E-state index >= 15 is 0 Å². The third-order valence-electron chi connectivity index (χ3n) is 3.34. The molecule has 1 fully saturated rings. The monoisotopic (exact) mass is 300 g/mol. The first-order valence-corrected chi connectivity index (χ1v) is 8.96. The number of anilines is 1. The molecule has 6 heteroatoms. The quantitative estimate of drug-likeness (QED) is 0.926. The lowest BCUT2D eigenvalue weighted by Crippen LogP contribution is -2.41. The van der Waals surface area contributed by atoms with Crippen LogP contribution in [0.15, 0.2) is 29.2 Å². The highest BCUT2D eigenvalue weighted by Crippen LogP contribution is 2.26. The van der Waals surface area contributed by atoms with Crippen molar-refractivity contribution in [3.63, 3.8) is 0 Å². The molecule has 1 aromatic carbocycles. The smallest absolute Gasteiger partial charge is 0.243 e. The van der Waals surface area contributed by atoms with E-state index < -0.39 is 10.0 Å². The minimum absolute atomic E-state index is 0.383. The fourth-order valence-corrected chi connectivity index (χ4v) is 4.98. The molecule has 106 valence electrons. The summed E-state index contributed by atoms with van der Waals surface area (Å²) >= 11 is 1.87. The van der Waals surface area contributed by atoms with E-state index in [0.29, 0.717) is 23.2 Å². The number of nitrogens with one attached hydrogen (secondary N) is 1. The van der Waals surface area contributed by atoms with Crippen LogP contribution in [0.25, 0.3) is 0 Å². The number of sulfonamides is 1. The Hall–Kier alpha value is -0.720. The van der Waals surface area contributed by atoms with Crippen molar-refractivity contribution in [2.75, 3.05) is 31.2 Å². The van der Waals surface area contributed by atoms with Gasteiger partial charge in [0.15, 0.2) is 0 Å². The molecule has 1 unspecified atom stereocenters.